The van der Waals surface area contributed by atoms with Gasteiger partial charge < -0.3 is 10.6 Å². The maximum atomic E-state index is 11.8. The molecule has 0 saturated carbocycles. The summed E-state index contributed by atoms with van der Waals surface area (Å²) in [5, 5.41) is 5.31. The van der Waals surface area contributed by atoms with Gasteiger partial charge in [0.2, 0.25) is 0 Å². The monoisotopic (exact) mass is 354 g/mol. The summed E-state index contributed by atoms with van der Waals surface area (Å²) in [4.78, 5) is 23.6. The number of carbonyl (C=O) groups is 2. The van der Waals surface area contributed by atoms with Gasteiger partial charge in [0.1, 0.15) is 0 Å². The standard InChI is InChI=1S/C16H23BrN2O2/c1-3-5-8-12(4-2)11-18-15(20)16(21)19-14-10-7-6-9-13(14)17/h6-7,9-10,12H,3-5,8,11H2,1-2H3,(H,18,20)(H,19,21)/t12-/m0/s1. The molecule has 0 unspecified atom stereocenters. The van der Waals surface area contributed by atoms with Crippen LogP contribution in [0.2, 0.25) is 0 Å². The smallest absolute Gasteiger partial charge is 0.313 e. The first-order valence-corrected chi connectivity index (χ1v) is 8.21. The van der Waals surface area contributed by atoms with Gasteiger partial charge in [-0.3, -0.25) is 9.59 Å². The minimum atomic E-state index is -0.632. The first-order chi connectivity index (χ1) is 10.1. The van der Waals surface area contributed by atoms with E-state index in [-0.39, 0.29) is 0 Å². The van der Waals surface area contributed by atoms with Gasteiger partial charge in [0.25, 0.3) is 0 Å². The van der Waals surface area contributed by atoms with Crippen molar-refractivity contribution in [3.8, 4) is 0 Å². The number of rotatable bonds is 7. The van der Waals surface area contributed by atoms with Gasteiger partial charge >= 0.3 is 11.8 Å². The van der Waals surface area contributed by atoms with Crippen molar-refractivity contribution in [3.63, 3.8) is 0 Å². The molecule has 1 aromatic carbocycles. The van der Waals surface area contributed by atoms with Crippen LogP contribution in [0.5, 0.6) is 0 Å². The summed E-state index contributed by atoms with van der Waals surface area (Å²) in [7, 11) is 0. The summed E-state index contributed by atoms with van der Waals surface area (Å²) in [5.41, 5.74) is 0.593. The molecule has 0 bridgehead atoms. The summed E-state index contributed by atoms with van der Waals surface area (Å²) < 4.78 is 0.750. The van der Waals surface area contributed by atoms with Crippen LogP contribution in [0, 0.1) is 5.92 Å². The Labute approximate surface area is 134 Å². The number of para-hydroxylation sites is 1. The van der Waals surface area contributed by atoms with Crippen LogP contribution in [0.4, 0.5) is 5.69 Å². The third-order valence-corrected chi connectivity index (χ3v) is 4.11. The van der Waals surface area contributed by atoms with E-state index in [0.29, 0.717) is 18.2 Å². The predicted molar refractivity (Wildman–Crippen MR) is 89.1 cm³/mol. The Balaban J connectivity index is 2.44. The van der Waals surface area contributed by atoms with Crippen molar-refractivity contribution >= 4 is 33.4 Å². The van der Waals surface area contributed by atoms with E-state index in [4.69, 9.17) is 0 Å². The topological polar surface area (TPSA) is 58.2 Å². The van der Waals surface area contributed by atoms with Crippen molar-refractivity contribution < 1.29 is 9.59 Å². The fraction of sp³-hybridized carbons (Fsp3) is 0.500. The lowest BCUT2D eigenvalue weighted by Crippen LogP contribution is -2.38. The van der Waals surface area contributed by atoms with Crippen LogP contribution in [0.1, 0.15) is 39.5 Å². The molecule has 0 aliphatic heterocycles. The summed E-state index contributed by atoms with van der Waals surface area (Å²) >= 11 is 3.33. The van der Waals surface area contributed by atoms with E-state index in [2.05, 4.69) is 40.4 Å². The van der Waals surface area contributed by atoms with Gasteiger partial charge in [-0.05, 0) is 40.4 Å². The maximum Gasteiger partial charge on any atom is 0.313 e. The van der Waals surface area contributed by atoms with Crippen molar-refractivity contribution in [1.29, 1.82) is 0 Å². The minimum absolute atomic E-state index is 0.435. The number of anilines is 1. The third kappa shape index (κ3) is 6.29. The second-order valence-electron chi connectivity index (χ2n) is 5.06. The second-order valence-corrected chi connectivity index (χ2v) is 5.91. The van der Waals surface area contributed by atoms with Gasteiger partial charge in [-0.25, -0.2) is 0 Å². The summed E-state index contributed by atoms with van der Waals surface area (Å²) in [6.45, 7) is 4.81. The van der Waals surface area contributed by atoms with E-state index >= 15 is 0 Å². The summed E-state index contributed by atoms with van der Waals surface area (Å²) in [6.07, 6.45) is 4.38. The fourth-order valence-corrected chi connectivity index (χ4v) is 2.39. The first-order valence-electron chi connectivity index (χ1n) is 7.42. The van der Waals surface area contributed by atoms with E-state index in [1.54, 1.807) is 12.1 Å². The van der Waals surface area contributed by atoms with Crippen LogP contribution in [0.3, 0.4) is 0 Å². The predicted octanol–water partition coefficient (Wildman–Crippen LogP) is 3.72. The number of carbonyl (C=O) groups excluding carboxylic acids is 2. The molecule has 0 saturated heterocycles. The van der Waals surface area contributed by atoms with Crippen LogP contribution in [0.15, 0.2) is 28.7 Å². The minimum Gasteiger partial charge on any atom is -0.348 e. The van der Waals surface area contributed by atoms with Crippen LogP contribution in [0.25, 0.3) is 0 Å². The zero-order chi connectivity index (χ0) is 15.7. The molecule has 4 nitrogen and oxygen atoms in total. The largest absolute Gasteiger partial charge is 0.348 e. The average molecular weight is 355 g/mol. The molecule has 0 aromatic heterocycles. The van der Waals surface area contributed by atoms with Gasteiger partial charge in [0, 0.05) is 11.0 Å². The van der Waals surface area contributed by atoms with Crippen molar-refractivity contribution in [2.45, 2.75) is 39.5 Å². The highest BCUT2D eigenvalue weighted by molar-refractivity contribution is 9.10. The molecule has 21 heavy (non-hydrogen) atoms. The Morgan fingerprint density at radius 1 is 1.19 bits per heavy atom. The number of amides is 2. The van der Waals surface area contributed by atoms with Gasteiger partial charge in [-0.2, -0.15) is 0 Å². The maximum absolute atomic E-state index is 11.8. The molecule has 1 aromatic rings. The molecule has 0 aliphatic rings. The number of halogens is 1. The average Bonchev–Trinajstić information content (AvgIpc) is 2.49. The molecule has 0 heterocycles. The summed E-state index contributed by atoms with van der Waals surface area (Å²) in [5.74, 6) is -0.780. The number of hydrogen-bond donors (Lipinski definition) is 2. The highest BCUT2D eigenvalue weighted by Gasteiger charge is 2.16. The number of benzene rings is 1. The van der Waals surface area contributed by atoms with E-state index in [1.807, 2.05) is 12.1 Å². The van der Waals surface area contributed by atoms with Crippen LogP contribution in [-0.2, 0) is 9.59 Å². The lowest BCUT2D eigenvalue weighted by Gasteiger charge is -2.15. The third-order valence-electron chi connectivity index (χ3n) is 3.42. The van der Waals surface area contributed by atoms with Crippen molar-refractivity contribution in [2.24, 2.45) is 5.92 Å². The SMILES string of the molecule is CCCC[C@H](CC)CNC(=O)C(=O)Nc1ccccc1Br. The molecule has 0 radical (unpaired) electrons. The molecule has 5 heteroatoms. The number of unbranched alkanes of at least 4 members (excludes halogenated alkanes) is 1. The second kappa shape index (κ2) is 9.55. The fourth-order valence-electron chi connectivity index (χ4n) is 2.00. The molecule has 1 atom stereocenters. The zero-order valence-corrected chi connectivity index (χ0v) is 14.2. The first kappa shape index (κ1) is 17.7. The van der Waals surface area contributed by atoms with E-state index in [9.17, 15) is 9.59 Å². The lowest BCUT2D eigenvalue weighted by molar-refractivity contribution is -0.136. The van der Waals surface area contributed by atoms with Crippen LogP contribution in [-0.4, -0.2) is 18.4 Å². The van der Waals surface area contributed by atoms with E-state index in [1.165, 1.54) is 0 Å². The molecular formula is C16H23BrN2O2. The lowest BCUT2D eigenvalue weighted by atomic mass is 9.99. The van der Waals surface area contributed by atoms with Crippen molar-refractivity contribution in [3.05, 3.63) is 28.7 Å². The molecule has 0 aliphatic carbocycles. The molecular weight excluding hydrogens is 332 g/mol. The van der Waals surface area contributed by atoms with Crippen molar-refractivity contribution in [2.75, 3.05) is 11.9 Å². The number of nitrogens with one attached hydrogen (secondary N) is 2. The Bertz CT molecular complexity index is 477. The Morgan fingerprint density at radius 3 is 2.52 bits per heavy atom. The quantitative estimate of drug-likeness (QED) is 0.733. The zero-order valence-electron chi connectivity index (χ0n) is 12.6. The molecule has 2 N–H and O–H groups in total. The van der Waals surface area contributed by atoms with Crippen molar-refractivity contribution in [1.82, 2.24) is 5.32 Å². The summed E-state index contributed by atoms with van der Waals surface area (Å²) in [6, 6.07) is 7.20. The highest BCUT2D eigenvalue weighted by atomic mass is 79.9. The molecule has 1 rings (SSSR count). The van der Waals surface area contributed by atoms with Gasteiger partial charge in [0.15, 0.2) is 0 Å². The molecule has 116 valence electrons. The molecule has 0 spiro atoms. The normalized spacial score (nSPS) is 11.8. The van der Waals surface area contributed by atoms with Gasteiger partial charge in [0.05, 0.1) is 5.69 Å². The van der Waals surface area contributed by atoms with Crippen LogP contribution < -0.4 is 10.6 Å². The Hall–Kier alpha value is -1.36. The Kier molecular flexibility index (Phi) is 8.05. The van der Waals surface area contributed by atoms with Crippen LogP contribution >= 0.6 is 15.9 Å². The Morgan fingerprint density at radius 2 is 1.90 bits per heavy atom. The van der Waals surface area contributed by atoms with E-state index in [0.717, 1.165) is 30.2 Å². The van der Waals surface area contributed by atoms with Gasteiger partial charge in [-0.15, -0.1) is 0 Å². The highest BCUT2D eigenvalue weighted by Crippen LogP contribution is 2.20. The van der Waals surface area contributed by atoms with E-state index < -0.39 is 11.8 Å². The molecule has 2 amide bonds. The number of hydrogen-bond acceptors (Lipinski definition) is 2. The van der Waals surface area contributed by atoms with Gasteiger partial charge in [-0.1, -0.05) is 45.2 Å². The molecule has 0 fully saturated rings.